The molecule has 2 nitrogen and oxygen atoms in total. The van der Waals surface area contributed by atoms with Gasteiger partial charge in [-0.1, -0.05) is 30.0 Å². The van der Waals surface area contributed by atoms with Crippen molar-refractivity contribution in [2.75, 3.05) is 0 Å². The number of rotatable bonds is 0. The fraction of sp³-hybridized carbons (Fsp3) is 0.100. The Labute approximate surface area is 119 Å². The third-order valence-corrected chi connectivity index (χ3v) is 2.10. The van der Waals surface area contributed by atoms with Crippen LogP contribution in [0.25, 0.3) is 5.76 Å². The molecule has 0 atom stereocenters. The van der Waals surface area contributed by atoms with E-state index in [1.54, 1.807) is 31.2 Å². The monoisotopic (exact) mass is 198 g/mol. The molecule has 0 amide bonds. The summed E-state index contributed by atoms with van der Waals surface area (Å²) < 4.78 is 0. The van der Waals surface area contributed by atoms with Crippen LogP contribution in [0.2, 0.25) is 0 Å². The summed E-state index contributed by atoms with van der Waals surface area (Å²) in [5.74, 6) is -0.258. The van der Waals surface area contributed by atoms with Crippen molar-refractivity contribution in [3.8, 4) is 0 Å². The minimum absolute atomic E-state index is 0. The zero-order chi connectivity index (χ0) is 8.72. The van der Waals surface area contributed by atoms with E-state index in [4.69, 9.17) is 0 Å². The van der Waals surface area contributed by atoms with Crippen LogP contribution in [0.3, 0.4) is 0 Å². The van der Waals surface area contributed by atoms with E-state index in [9.17, 15) is 9.90 Å². The van der Waals surface area contributed by atoms with E-state index in [1.807, 2.05) is 0 Å². The Balaban J connectivity index is 0.000000845. The first-order valence-electron chi connectivity index (χ1n) is 3.74. The Hall–Kier alpha value is 0.0664. The van der Waals surface area contributed by atoms with Crippen molar-refractivity contribution in [3.63, 3.8) is 0 Å². The number of benzene rings is 1. The van der Waals surface area contributed by atoms with Crippen LogP contribution in [0.1, 0.15) is 22.8 Å². The number of Topliss-reactive ketones (excluding diaryl/α,β-unsaturated/α-hetero) is 1. The molecule has 60 valence electrons. The molecule has 0 aliphatic heterocycles. The van der Waals surface area contributed by atoms with Gasteiger partial charge in [-0.2, -0.15) is 0 Å². The van der Waals surface area contributed by atoms with E-state index in [0.29, 0.717) is 16.7 Å². The van der Waals surface area contributed by atoms with Crippen LogP contribution in [0, 0.1) is 0 Å². The van der Waals surface area contributed by atoms with Gasteiger partial charge < -0.3 is 5.11 Å². The molecule has 1 aliphatic rings. The van der Waals surface area contributed by atoms with Gasteiger partial charge in [-0.05, 0) is 18.1 Å². The summed E-state index contributed by atoms with van der Waals surface area (Å²) in [6, 6.07) is 6.91. The molecule has 0 bridgehead atoms. The molecule has 0 radical (unpaired) electrons. The van der Waals surface area contributed by atoms with E-state index < -0.39 is 0 Å². The van der Waals surface area contributed by atoms with Crippen LogP contribution < -0.4 is 56.5 Å². The predicted octanol–water partition coefficient (Wildman–Crippen LogP) is -2.02. The van der Waals surface area contributed by atoms with Crippen LogP contribution >= 0.6 is 0 Å². The molecule has 2 rings (SSSR count). The standard InChI is InChI=1S/C10H8O2.K/c1-6-9(11)7-4-2-3-5-8(7)10(6)12;/h2-5,11H,1H3;/q;+1/p-1. The molecule has 3 heteroatoms. The Morgan fingerprint density at radius 1 is 1.15 bits per heavy atom. The maximum absolute atomic E-state index is 11.3. The van der Waals surface area contributed by atoms with Crippen molar-refractivity contribution in [2.24, 2.45) is 0 Å². The van der Waals surface area contributed by atoms with Gasteiger partial charge in [0.05, 0.1) is 0 Å². The molecule has 0 saturated heterocycles. The smallest absolute Gasteiger partial charge is 0.872 e. The van der Waals surface area contributed by atoms with Gasteiger partial charge in [-0.15, -0.1) is 0 Å². The third kappa shape index (κ3) is 1.67. The van der Waals surface area contributed by atoms with E-state index in [0.717, 1.165) is 0 Å². The van der Waals surface area contributed by atoms with Crippen molar-refractivity contribution in [2.45, 2.75) is 6.92 Å². The Morgan fingerprint density at radius 3 is 2.23 bits per heavy atom. The average Bonchev–Trinajstić information content (AvgIpc) is 2.33. The van der Waals surface area contributed by atoms with Gasteiger partial charge in [0.2, 0.25) is 0 Å². The third-order valence-electron chi connectivity index (χ3n) is 2.10. The summed E-state index contributed by atoms with van der Waals surface area (Å²) in [4.78, 5) is 11.3. The molecule has 0 heterocycles. The molecular formula is C10H7KO2. The molecule has 0 saturated carbocycles. The van der Waals surface area contributed by atoms with E-state index in [2.05, 4.69) is 0 Å². The minimum Gasteiger partial charge on any atom is -0.872 e. The molecule has 1 aliphatic carbocycles. The van der Waals surface area contributed by atoms with Crippen molar-refractivity contribution in [1.82, 2.24) is 0 Å². The molecule has 0 spiro atoms. The summed E-state index contributed by atoms with van der Waals surface area (Å²) in [7, 11) is 0. The van der Waals surface area contributed by atoms with Gasteiger partial charge in [-0.3, -0.25) is 4.79 Å². The second-order valence-corrected chi connectivity index (χ2v) is 2.83. The molecule has 1 aromatic carbocycles. The molecule has 1 aromatic rings. The average molecular weight is 198 g/mol. The predicted molar refractivity (Wildman–Crippen MR) is 43.4 cm³/mol. The van der Waals surface area contributed by atoms with Crippen molar-refractivity contribution in [3.05, 3.63) is 41.0 Å². The second kappa shape index (κ2) is 4.06. The Bertz CT molecular complexity index is 394. The fourth-order valence-electron chi connectivity index (χ4n) is 1.39. The summed E-state index contributed by atoms with van der Waals surface area (Å²) in [6.45, 7) is 1.57. The number of ketones is 1. The summed E-state index contributed by atoms with van der Waals surface area (Å²) in [6.07, 6.45) is 0. The molecule has 13 heavy (non-hydrogen) atoms. The summed E-state index contributed by atoms with van der Waals surface area (Å²) >= 11 is 0. The van der Waals surface area contributed by atoms with Gasteiger partial charge in [0.15, 0.2) is 5.78 Å². The van der Waals surface area contributed by atoms with Crippen molar-refractivity contribution in [1.29, 1.82) is 0 Å². The van der Waals surface area contributed by atoms with Gasteiger partial charge in [0.25, 0.3) is 0 Å². The minimum atomic E-state index is -0.129. The summed E-state index contributed by atoms with van der Waals surface area (Å²) in [5, 5.41) is 11.3. The number of hydrogen-bond donors (Lipinski definition) is 0. The molecule has 0 aromatic heterocycles. The maximum Gasteiger partial charge on any atom is 1.00 e. The van der Waals surface area contributed by atoms with Gasteiger partial charge >= 0.3 is 51.4 Å². The van der Waals surface area contributed by atoms with Crippen LogP contribution in [0.5, 0.6) is 0 Å². The first kappa shape index (κ1) is 11.1. The Morgan fingerprint density at radius 2 is 1.69 bits per heavy atom. The Kier molecular flexibility index (Phi) is 3.48. The normalized spacial score (nSPS) is 14.1. The van der Waals surface area contributed by atoms with Gasteiger partial charge in [0.1, 0.15) is 0 Å². The maximum atomic E-state index is 11.3. The van der Waals surface area contributed by atoms with Gasteiger partial charge in [-0.25, -0.2) is 0 Å². The van der Waals surface area contributed by atoms with Crippen molar-refractivity contribution >= 4 is 11.5 Å². The topological polar surface area (TPSA) is 40.1 Å². The van der Waals surface area contributed by atoms with E-state index >= 15 is 0 Å². The van der Waals surface area contributed by atoms with Crippen LogP contribution in [0.4, 0.5) is 0 Å². The summed E-state index contributed by atoms with van der Waals surface area (Å²) in [5.41, 5.74) is 1.41. The van der Waals surface area contributed by atoms with Gasteiger partial charge in [0, 0.05) is 5.56 Å². The van der Waals surface area contributed by atoms with Crippen molar-refractivity contribution < 1.29 is 61.3 Å². The SMILES string of the molecule is CC1=C([O-])c2ccccc2C1=O.[K+]. The van der Waals surface area contributed by atoms with Crippen LogP contribution in [-0.2, 0) is 0 Å². The number of allylic oxidation sites excluding steroid dienone is 1. The number of fused-ring (bicyclic) bond motifs is 1. The molecular weight excluding hydrogens is 191 g/mol. The zero-order valence-corrected chi connectivity index (χ0v) is 10.7. The van der Waals surface area contributed by atoms with Crippen LogP contribution in [0.15, 0.2) is 29.8 Å². The first-order chi connectivity index (χ1) is 5.72. The molecule has 0 unspecified atom stereocenters. The quantitative estimate of drug-likeness (QED) is 0.451. The van der Waals surface area contributed by atoms with E-state index in [-0.39, 0.29) is 62.9 Å². The first-order valence-corrected chi connectivity index (χ1v) is 3.74. The number of carbonyl (C=O) groups is 1. The zero-order valence-electron chi connectivity index (χ0n) is 7.63. The van der Waals surface area contributed by atoms with E-state index in [1.165, 1.54) is 0 Å². The second-order valence-electron chi connectivity index (χ2n) is 2.83. The number of carbonyl (C=O) groups excluding carboxylic acids is 1. The largest absolute Gasteiger partial charge is 1.00 e. The molecule has 0 N–H and O–H groups in total. The number of hydrogen-bond acceptors (Lipinski definition) is 2. The van der Waals surface area contributed by atoms with Crippen LogP contribution in [-0.4, -0.2) is 5.78 Å². The molecule has 0 fully saturated rings. The fourth-order valence-corrected chi connectivity index (χ4v) is 1.39.